The number of aliphatic hydroxyl groups excluding tert-OH is 1. The Balaban J connectivity index is 1.37. The van der Waals surface area contributed by atoms with E-state index in [1.165, 1.54) is 40.8 Å². The number of hydrogen-bond donors (Lipinski definition) is 3. The standard InChI is InChI=1S/C24H22F3N7O5/c1-12-9-18(31-34(12)14-5-6-29-17(11-14)24(25,26)27)33-7-8-38-23(2,22(33)37)19(35)21(36)30-13-3-4-15-16(10-13)39-32-20(15)28/h3-6,9-11,19,35H,7-8H2,1-2H3,(H2,28,32)(H,30,36)/t19?,23-/m1/s1. The number of aromatic nitrogens is 4. The first-order chi connectivity index (χ1) is 18.4. The molecule has 4 heterocycles. The van der Waals surface area contributed by atoms with E-state index in [0.717, 1.165) is 12.3 Å². The molecular formula is C24H22F3N7O5. The van der Waals surface area contributed by atoms with Crippen LogP contribution < -0.4 is 16.0 Å². The normalized spacial score (nSPS) is 18.9. The molecule has 1 aliphatic heterocycles. The summed E-state index contributed by atoms with van der Waals surface area (Å²) in [6.07, 6.45) is -5.56. The molecule has 1 unspecified atom stereocenters. The fourth-order valence-electron chi connectivity index (χ4n) is 4.25. The average Bonchev–Trinajstić information content (AvgIpc) is 3.46. The summed E-state index contributed by atoms with van der Waals surface area (Å²) in [6, 6.07) is 8.25. The Hall–Kier alpha value is -4.50. The molecule has 0 aliphatic carbocycles. The van der Waals surface area contributed by atoms with Crippen molar-refractivity contribution in [1.82, 2.24) is 19.9 Å². The van der Waals surface area contributed by atoms with Crippen LogP contribution in [0.2, 0.25) is 0 Å². The largest absolute Gasteiger partial charge is 0.433 e. The second-order valence-electron chi connectivity index (χ2n) is 9.04. The SMILES string of the molecule is Cc1cc(N2CCO[C@](C)(C(O)C(=O)Nc3ccc4c(N)noc4c3)C2=O)nn1-c1ccnc(C(F)(F)F)c1. The molecule has 204 valence electrons. The lowest BCUT2D eigenvalue weighted by atomic mass is 9.94. The first kappa shape index (κ1) is 26.1. The second-order valence-corrected chi connectivity index (χ2v) is 9.04. The van der Waals surface area contributed by atoms with Gasteiger partial charge >= 0.3 is 6.18 Å². The number of carbonyl (C=O) groups excluding carboxylic acids is 2. The first-order valence-electron chi connectivity index (χ1n) is 11.6. The average molecular weight is 545 g/mol. The van der Waals surface area contributed by atoms with E-state index in [0.29, 0.717) is 16.7 Å². The van der Waals surface area contributed by atoms with Crippen molar-refractivity contribution in [1.29, 1.82) is 0 Å². The van der Waals surface area contributed by atoms with Crippen LogP contribution in [0.25, 0.3) is 16.7 Å². The van der Waals surface area contributed by atoms with Gasteiger partial charge in [-0.15, -0.1) is 5.10 Å². The van der Waals surface area contributed by atoms with Crippen molar-refractivity contribution >= 4 is 40.1 Å². The second kappa shape index (κ2) is 9.36. The molecule has 15 heteroatoms. The predicted octanol–water partition coefficient (Wildman–Crippen LogP) is 2.44. The summed E-state index contributed by atoms with van der Waals surface area (Å²) in [4.78, 5) is 30.9. The molecule has 1 aliphatic rings. The van der Waals surface area contributed by atoms with E-state index in [2.05, 4.69) is 20.6 Å². The molecule has 1 aromatic carbocycles. The lowest BCUT2D eigenvalue weighted by Crippen LogP contribution is -2.63. The number of hydrogen-bond acceptors (Lipinski definition) is 9. The number of ether oxygens (including phenoxy) is 1. The summed E-state index contributed by atoms with van der Waals surface area (Å²) < 4.78 is 51.3. The molecule has 0 saturated carbocycles. The monoisotopic (exact) mass is 545 g/mol. The van der Waals surface area contributed by atoms with Gasteiger partial charge in [0, 0.05) is 29.7 Å². The van der Waals surface area contributed by atoms with Gasteiger partial charge in [0.05, 0.1) is 24.2 Å². The van der Waals surface area contributed by atoms with Gasteiger partial charge in [-0.05, 0) is 38.1 Å². The van der Waals surface area contributed by atoms with Crippen molar-refractivity contribution in [2.45, 2.75) is 31.7 Å². The Morgan fingerprint density at radius 3 is 2.77 bits per heavy atom. The molecule has 0 spiro atoms. The molecule has 4 aromatic rings. The van der Waals surface area contributed by atoms with Crippen LogP contribution in [0.4, 0.5) is 30.5 Å². The number of anilines is 3. The van der Waals surface area contributed by atoms with Gasteiger partial charge in [-0.25, -0.2) is 4.68 Å². The van der Waals surface area contributed by atoms with Gasteiger partial charge < -0.3 is 25.4 Å². The highest BCUT2D eigenvalue weighted by Gasteiger charge is 2.51. The Morgan fingerprint density at radius 1 is 1.26 bits per heavy atom. The smallest absolute Gasteiger partial charge is 0.380 e. The van der Waals surface area contributed by atoms with E-state index < -0.39 is 35.4 Å². The molecule has 39 heavy (non-hydrogen) atoms. The van der Waals surface area contributed by atoms with Gasteiger partial charge in [0.1, 0.15) is 5.69 Å². The number of morpholine rings is 1. The van der Waals surface area contributed by atoms with Crippen LogP contribution in [0, 0.1) is 6.92 Å². The summed E-state index contributed by atoms with van der Waals surface area (Å²) in [5, 5.41) is 21.9. The Labute approximate surface area is 218 Å². The third-order valence-corrected chi connectivity index (χ3v) is 6.35. The molecule has 0 bridgehead atoms. The van der Waals surface area contributed by atoms with Crippen LogP contribution in [-0.2, 0) is 20.5 Å². The number of aliphatic hydroxyl groups is 1. The van der Waals surface area contributed by atoms with Gasteiger partial charge in [-0.1, -0.05) is 5.16 Å². The molecular weight excluding hydrogens is 523 g/mol. The van der Waals surface area contributed by atoms with E-state index in [1.807, 2.05) is 0 Å². The number of nitrogens with two attached hydrogens (primary N) is 1. The maximum Gasteiger partial charge on any atom is 0.433 e. The number of rotatable bonds is 5. The molecule has 5 rings (SSSR count). The van der Waals surface area contributed by atoms with Crippen molar-refractivity contribution in [2.24, 2.45) is 0 Å². The summed E-state index contributed by atoms with van der Waals surface area (Å²) in [5.41, 5.74) is 3.71. The maximum absolute atomic E-state index is 13.5. The number of amides is 2. The highest BCUT2D eigenvalue weighted by atomic mass is 19.4. The van der Waals surface area contributed by atoms with E-state index in [-0.39, 0.29) is 36.2 Å². The summed E-state index contributed by atoms with van der Waals surface area (Å²) in [6.45, 7) is 2.87. The minimum atomic E-state index is -4.65. The third-order valence-electron chi connectivity index (χ3n) is 6.35. The Morgan fingerprint density at radius 2 is 2.03 bits per heavy atom. The van der Waals surface area contributed by atoms with Crippen LogP contribution in [0.1, 0.15) is 18.3 Å². The van der Waals surface area contributed by atoms with Gasteiger partial charge in [-0.2, -0.15) is 13.2 Å². The van der Waals surface area contributed by atoms with Gasteiger partial charge in [0.2, 0.25) is 0 Å². The number of halogens is 3. The topological polar surface area (TPSA) is 162 Å². The number of benzene rings is 1. The molecule has 4 N–H and O–H groups in total. The summed E-state index contributed by atoms with van der Waals surface area (Å²) in [5.74, 6) is -1.39. The van der Waals surface area contributed by atoms with E-state index >= 15 is 0 Å². The molecule has 2 amide bonds. The lowest BCUT2D eigenvalue weighted by Gasteiger charge is -2.40. The van der Waals surface area contributed by atoms with Crippen molar-refractivity contribution in [3.63, 3.8) is 0 Å². The van der Waals surface area contributed by atoms with Crippen molar-refractivity contribution in [3.8, 4) is 5.69 Å². The first-order valence-corrected chi connectivity index (χ1v) is 11.6. The van der Waals surface area contributed by atoms with Crippen LogP contribution in [0.3, 0.4) is 0 Å². The number of pyridine rings is 1. The third kappa shape index (κ3) is 4.66. The van der Waals surface area contributed by atoms with Crippen molar-refractivity contribution in [3.05, 3.63) is 54.0 Å². The quantitative estimate of drug-likeness (QED) is 0.342. The van der Waals surface area contributed by atoms with Crippen LogP contribution in [0.15, 0.2) is 47.1 Å². The van der Waals surface area contributed by atoms with Crippen LogP contribution in [-0.4, -0.2) is 61.7 Å². The Bertz CT molecular complexity index is 1580. The van der Waals surface area contributed by atoms with Crippen LogP contribution in [0.5, 0.6) is 0 Å². The van der Waals surface area contributed by atoms with Gasteiger partial charge in [-0.3, -0.25) is 19.5 Å². The minimum Gasteiger partial charge on any atom is -0.380 e. The number of alkyl halides is 3. The van der Waals surface area contributed by atoms with E-state index in [9.17, 15) is 27.9 Å². The van der Waals surface area contributed by atoms with Gasteiger partial charge in [0.25, 0.3) is 11.8 Å². The molecule has 1 fully saturated rings. The van der Waals surface area contributed by atoms with Crippen LogP contribution >= 0.6 is 0 Å². The fourth-order valence-corrected chi connectivity index (χ4v) is 4.25. The lowest BCUT2D eigenvalue weighted by molar-refractivity contribution is -0.170. The number of aryl methyl sites for hydroxylation is 1. The van der Waals surface area contributed by atoms with E-state index in [1.54, 1.807) is 13.0 Å². The fraction of sp³-hybridized carbons (Fsp3) is 0.292. The zero-order valence-electron chi connectivity index (χ0n) is 20.6. The number of nitrogens with one attached hydrogen (secondary N) is 1. The molecule has 2 atom stereocenters. The van der Waals surface area contributed by atoms with Crippen molar-refractivity contribution in [2.75, 3.05) is 29.1 Å². The highest BCUT2D eigenvalue weighted by Crippen LogP contribution is 2.31. The maximum atomic E-state index is 13.5. The number of carbonyl (C=O) groups is 2. The van der Waals surface area contributed by atoms with Gasteiger partial charge in [0.15, 0.2) is 28.9 Å². The summed E-state index contributed by atoms with van der Waals surface area (Å²) >= 11 is 0. The zero-order chi connectivity index (χ0) is 28.1. The Kier molecular flexibility index (Phi) is 6.27. The molecule has 3 aromatic heterocycles. The number of nitrogens with zero attached hydrogens (tertiary/aromatic N) is 5. The molecule has 0 radical (unpaired) electrons. The zero-order valence-corrected chi connectivity index (χ0v) is 20.6. The van der Waals surface area contributed by atoms with E-state index in [4.69, 9.17) is 15.0 Å². The highest BCUT2D eigenvalue weighted by molar-refractivity contribution is 6.06. The molecule has 12 nitrogen and oxygen atoms in total. The van der Waals surface area contributed by atoms with Crippen molar-refractivity contribution < 1.29 is 37.1 Å². The molecule has 1 saturated heterocycles. The summed E-state index contributed by atoms with van der Waals surface area (Å²) in [7, 11) is 0. The predicted molar refractivity (Wildman–Crippen MR) is 131 cm³/mol. The minimum absolute atomic E-state index is 0.0347. The number of nitrogen functional groups attached to an aromatic ring is 1. The number of fused-ring (bicyclic) bond motifs is 1.